The van der Waals surface area contributed by atoms with Crippen molar-refractivity contribution in [1.82, 2.24) is 24.5 Å². The maximum absolute atomic E-state index is 14.4. The Hall–Kier alpha value is -3.76. The molecule has 29 heavy (non-hydrogen) atoms. The fraction of sp³-hybridized carbons (Fsp3) is 0.278. The first-order valence-electron chi connectivity index (χ1n) is 8.97. The number of hydrogen-bond acceptors (Lipinski definition) is 6. The summed E-state index contributed by atoms with van der Waals surface area (Å²) in [5.41, 5.74) is 0.943. The van der Waals surface area contributed by atoms with Gasteiger partial charge in [-0.05, 0) is 31.0 Å². The largest absolute Gasteiger partial charge is 0.453 e. The number of rotatable bonds is 3. The predicted octanol–water partition coefficient (Wildman–Crippen LogP) is 2.74. The first-order chi connectivity index (χ1) is 14.0. The smallest absolute Gasteiger partial charge is 0.412 e. The van der Waals surface area contributed by atoms with Crippen molar-refractivity contribution >= 4 is 29.4 Å². The molecule has 1 fully saturated rings. The fourth-order valence-electron chi connectivity index (χ4n) is 3.05. The molecule has 10 nitrogen and oxygen atoms in total. The maximum atomic E-state index is 14.4. The van der Waals surface area contributed by atoms with Crippen LogP contribution in [-0.2, 0) is 4.74 Å². The highest BCUT2D eigenvalue weighted by atomic mass is 19.1. The molecule has 0 radical (unpaired) electrons. The third kappa shape index (κ3) is 3.93. The van der Waals surface area contributed by atoms with E-state index in [1.807, 2.05) is 0 Å². The number of fused-ring (bicyclic) bond motifs is 1. The number of ether oxygens (including phenoxy) is 1. The summed E-state index contributed by atoms with van der Waals surface area (Å²) in [6, 6.07) is 4.07. The number of imidazole rings is 1. The average Bonchev–Trinajstić information content (AvgIpc) is 3.38. The Morgan fingerprint density at radius 3 is 2.76 bits per heavy atom. The van der Waals surface area contributed by atoms with Crippen LogP contribution < -0.4 is 10.6 Å². The Labute approximate surface area is 164 Å². The van der Waals surface area contributed by atoms with Crippen LogP contribution in [0.4, 0.5) is 25.5 Å². The molecule has 1 saturated heterocycles. The van der Waals surface area contributed by atoms with Crippen molar-refractivity contribution in [2.45, 2.75) is 12.8 Å². The number of benzene rings is 1. The fourth-order valence-corrected chi connectivity index (χ4v) is 3.05. The molecule has 3 aromatic rings. The second-order valence-electron chi connectivity index (χ2n) is 6.45. The molecule has 0 spiro atoms. The van der Waals surface area contributed by atoms with Crippen LogP contribution in [0.5, 0.6) is 0 Å². The number of nitrogens with one attached hydrogen (secondary N) is 2. The molecule has 11 heteroatoms. The van der Waals surface area contributed by atoms with E-state index in [9.17, 15) is 14.0 Å². The van der Waals surface area contributed by atoms with Crippen molar-refractivity contribution in [3.8, 4) is 11.3 Å². The first-order valence-corrected chi connectivity index (χ1v) is 8.97. The van der Waals surface area contributed by atoms with Gasteiger partial charge in [0.15, 0.2) is 5.82 Å². The van der Waals surface area contributed by atoms with E-state index in [-0.39, 0.29) is 28.9 Å². The van der Waals surface area contributed by atoms with Crippen LogP contribution in [0.25, 0.3) is 17.0 Å². The van der Waals surface area contributed by atoms with Crippen LogP contribution in [0.1, 0.15) is 12.8 Å². The molecule has 1 aliphatic heterocycles. The molecule has 1 aliphatic rings. The van der Waals surface area contributed by atoms with Gasteiger partial charge < -0.3 is 15.0 Å². The van der Waals surface area contributed by atoms with Crippen LogP contribution >= 0.6 is 0 Å². The number of anilines is 2. The molecule has 3 amide bonds. The number of methoxy groups -OCH3 is 1. The van der Waals surface area contributed by atoms with Gasteiger partial charge in [-0.1, -0.05) is 0 Å². The number of likely N-dealkylation sites (tertiary alicyclic amines) is 1. The summed E-state index contributed by atoms with van der Waals surface area (Å²) in [5.74, 6) is -0.123. The predicted molar refractivity (Wildman–Crippen MR) is 102 cm³/mol. The van der Waals surface area contributed by atoms with Gasteiger partial charge in [0, 0.05) is 24.3 Å². The van der Waals surface area contributed by atoms with Crippen LogP contribution in [0.3, 0.4) is 0 Å². The van der Waals surface area contributed by atoms with Crippen LogP contribution in [0.2, 0.25) is 0 Å². The summed E-state index contributed by atoms with van der Waals surface area (Å²) in [7, 11) is 1.23. The van der Waals surface area contributed by atoms with Crippen molar-refractivity contribution in [1.29, 1.82) is 0 Å². The standard InChI is InChI=1S/C18H18FN7O3/c1-29-18(28)23-15-9-20-16-22-14(10-26(16)24-15)12-8-11(4-5-13(12)19)21-17(27)25-6-2-3-7-25/h4-5,8-10H,2-3,6-7H2,1H3,(H,21,27)(H,23,24,28). The monoisotopic (exact) mass is 399 g/mol. The Morgan fingerprint density at radius 1 is 1.21 bits per heavy atom. The number of hydrogen-bond donors (Lipinski definition) is 2. The molecule has 0 bridgehead atoms. The lowest BCUT2D eigenvalue weighted by molar-refractivity contribution is 0.186. The molecule has 0 saturated carbocycles. The molecule has 0 aliphatic carbocycles. The van der Waals surface area contributed by atoms with E-state index < -0.39 is 11.9 Å². The van der Waals surface area contributed by atoms with Gasteiger partial charge in [0.1, 0.15) is 5.82 Å². The highest BCUT2D eigenvalue weighted by Gasteiger charge is 2.19. The summed E-state index contributed by atoms with van der Waals surface area (Å²) in [6.45, 7) is 1.43. The van der Waals surface area contributed by atoms with Crippen LogP contribution in [-0.4, -0.2) is 56.8 Å². The van der Waals surface area contributed by atoms with E-state index >= 15 is 0 Å². The van der Waals surface area contributed by atoms with Gasteiger partial charge >= 0.3 is 12.1 Å². The first kappa shape index (κ1) is 18.6. The molecule has 2 aromatic heterocycles. The second kappa shape index (κ2) is 7.70. The summed E-state index contributed by atoms with van der Waals surface area (Å²) in [4.78, 5) is 33.6. The molecule has 0 unspecified atom stereocenters. The van der Waals surface area contributed by atoms with E-state index in [1.165, 1.54) is 42.2 Å². The molecule has 0 atom stereocenters. The highest BCUT2D eigenvalue weighted by molar-refractivity contribution is 5.90. The highest BCUT2D eigenvalue weighted by Crippen LogP contribution is 2.26. The number of urea groups is 1. The SMILES string of the molecule is COC(=O)Nc1cnc2nc(-c3cc(NC(=O)N4CCCC4)ccc3F)cn2n1. The van der Waals surface area contributed by atoms with Gasteiger partial charge in [0.25, 0.3) is 5.78 Å². The quantitative estimate of drug-likeness (QED) is 0.700. The second-order valence-corrected chi connectivity index (χ2v) is 6.45. The van der Waals surface area contributed by atoms with Gasteiger partial charge in [-0.25, -0.2) is 28.5 Å². The van der Waals surface area contributed by atoms with E-state index in [2.05, 4.69) is 30.4 Å². The molecule has 3 heterocycles. The number of halogens is 1. The zero-order valence-corrected chi connectivity index (χ0v) is 15.6. The Bertz CT molecular complexity index is 1080. The Morgan fingerprint density at radius 2 is 2.00 bits per heavy atom. The molecular weight excluding hydrogens is 381 g/mol. The third-order valence-corrected chi connectivity index (χ3v) is 4.49. The van der Waals surface area contributed by atoms with Crippen molar-refractivity contribution in [2.75, 3.05) is 30.8 Å². The normalized spacial score (nSPS) is 13.5. The molecule has 1 aromatic carbocycles. The topological polar surface area (TPSA) is 114 Å². The minimum Gasteiger partial charge on any atom is -0.453 e. The number of amides is 3. The summed E-state index contributed by atoms with van der Waals surface area (Å²) in [5, 5.41) is 9.32. The molecule has 150 valence electrons. The number of carbonyl (C=O) groups is 2. The third-order valence-electron chi connectivity index (χ3n) is 4.49. The Balaban J connectivity index is 1.60. The summed E-state index contributed by atoms with van der Waals surface area (Å²) in [6.07, 6.45) is 4.07. The number of nitrogens with zero attached hydrogens (tertiary/aromatic N) is 5. The van der Waals surface area contributed by atoms with Gasteiger partial charge in [-0.3, -0.25) is 5.32 Å². The van der Waals surface area contributed by atoms with Gasteiger partial charge in [0.05, 0.1) is 25.2 Å². The summed E-state index contributed by atoms with van der Waals surface area (Å²) >= 11 is 0. The van der Waals surface area contributed by atoms with E-state index in [4.69, 9.17) is 0 Å². The lowest BCUT2D eigenvalue weighted by atomic mass is 10.1. The van der Waals surface area contributed by atoms with Crippen molar-refractivity contribution in [3.63, 3.8) is 0 Å². The minimum absolute atomic E-state index is 0.153. The van der Waals surface area contributed by atoms with Gasteiger partial charge in [-0.15, -0.1) is 5.10 Å². The van der Waals surface area contributed by atoms with E-state index in [1.54, 1.807) is 4.90 Å². The van der Waals surface area contributed by atoms with E-state index in [0.29, 0.717) is 18.8 Å². The van der Waals surface area contributed by atoms with Crippen LogP contribution in [0, 0.1) is 5.82 Å². The molecule has 2 N–H and O–H groups in total. The zero-order chi connectivity index (χ0) is 20.4. The van der Waals surface area contributed by atoms with Crippen LogP contribution in [0.15, 0.2) is 30.6 Å². The maximum Gasteiger partial charge on any atom is 0.412 e. The van der Waals surface area contributed by atoms with Crippen molar-refractivity contribution < 1.29 is 18.7 Å². The summed E-state index contributed by atoms with van der Waals surface area (Å²) < 4.78 is 20.3. The van der Waals surface area contributed by atoms with E-state index in [0.717, 1.165) is 12.8 Å². The van der Waals surface area contributed by atoms with Gasteiger partial charge in [0.2, 0.25) is 0 Å². The van der Waals surface area contributed by atoms with Crippen molar-refractivity contribution in [2.24, 2.45) is 0 Å². The molecule has 4 rings (SSSR count). The zero-order valence-electron chi connectivity index (χ0n) is 15.6. The lowest BCUT2D eigenvalue weighted by Crippen LogP contribution is -2.32. The number of aromatic nitrogens is 4. The minimum atomic E-state index is -0.688. The lowest BCUT2D eigenvalue weighted by Gasteiger charge is -2.16. The van der Waals surface area contributed by atoms with Crippen molar-refractivity contribution in [3.05, 3.63) is 36.4 Å². The number of carbonyl (C=O) groups excluding carboxylic acids is 2. The average molecular weight is 399 g/mol. The molecular formula is C18H18FN7O3. The van der Waals surface area contributed by atoms with Gasteiger partial charge in [-0.2, -0.15) is 0 Å². The Kier molecular flexibility index (Phi) is 4.94.